The fraction of sp³-hybridized carbons (Fsp3) is 0. The maximum absolute atomic E-state index is 8.48. The largest absolute Gasteiger partial charge is 3.00 e. The number of hydrogen-bond donors (Lipinski definition) is 0. The molecule has 0 fully saturated rings. The zero-order valence-electron chi connectivity index (χ0n) is 5.37. The maximum Gasteiger partial charge on any atom is 3.00 e. The van der Waals surface area contributed by atoms with E-state index in [2.05, 4.69) is 6.07 Å². The molecule has 0 aliphatic rings. The summed E-state index contributed by atoms with van der Waals surface area (Å²) in [7, 11) is -3.37. The predicted octanol–water partition coefficient (Wildman–Crippen LogP) is -0.151. The van der Waals surface area contributed by atoms with Gasteiger partial charge in [0.15, 0.2) is 0 Å². The minimum atomic E-state index is -3.37. The van der Waals surface area contributed by atoms with E-state index in [0.717, 1.165) is 0 Å². The zero-order valence-corrected chi connectivity index (χ0v) is 7.26. The van der Waals surface area contributed by atoms with Gasteiger partial charge >= 0.3 is 16.5 Å². The summed E-state index contributed by atoms with van der Waals surface area (Å²) in [6.45, 7) is 0. The molecule has 0 spiro atoms. The van der Waals surface area contributed by atoms with Gasteiger partial charge < -0.3 is 9.79 Å². The number of rotatable bonds is 0. The Kier molecular flexibility index (Phi) is 11.8. The Hall–Kier alpha value is -0.266. The molecule has 0 saturated carbocycles. The number of benzene rings is 1. The van der Waals surface area contributed by atoms with Crippen LogP contribution < -0.4 is 9.79 Å². The van der Waals surface area contributed by atoms with Gasteiger partial charge in [0.1, 0.15) is 0 Å². The van der Waals surface area contributed by atoms with Crippen molar-refractivity contribution in [3.05, 3.63) is 36.4 Å². The van der Waals surface area contributed by atoms with Crippen molar-refractivity contribution in [1.82, 2.24) is 0 Å². The second-order valence-electron chi connectivity index (χ2n) is 1.30. The van der Waals surface area contributed by atoms with Crippen molar-refractivity contribution >= 4 is 8.25 Å². The van der Waals surface area contributed by atoms with Gasteiger partial charge in [-0.25, -0.2) is 0 Å². The van der Waals surface area contributed by atoms with E-state index in [1.165, 1.54) is 0 Å². The summed E-state index contributed by atoms with van der Waals surface area (Å²) in [4.78, 5) is 17.0. The van der Waals surface area contributed by atoms with E-state index >= 15 is 0 Å². The SMILES string of the molecule is O=[P+]([O-])[O-].[Ni+3].[c-]1ccccc1. The van der Waals surface area contributed by atoms with Crippen LogP contribution in [0.15, 0.2) is 30.3 Å². The molecule has 0 atom stereocenters. The van der Waals surface area contributed by atoms with Gasteiger partial charge in [0.25, 0.3) is 8.25 Å². The minimum Gasteiger partial charge on any atom is -0.598 e. The third-order valence-corrected chi connectivity index (χ3v) is 0.607. The topological polar surface area (TPSA) is 63.2 Å². The second-order valence-corrected chi connectivity index (χ2v) is 1.75. The smallest absolute Gasteiger partial charge is 0.598 e. The summed E-state index contributed by atoms with van der Waals surface area (Å²) in [5.74, 6) is 0. The van der Waals surface area contributed by atoms with Gasteiger partial charge in [-0.2, -0.15) is 36.4 Å². The fourth-order valence-corrected chi connectivity index (χ4v) is 0.342. The van der Waals surface area contributed by atoms with Crippen molar-refractivity contribution in [3.8, 4) is 0 Å². The third-order valence-electron chi connectivity index (χ3n) is 0.607. The molecule has 0 heterocycles. The van der Waals surface area contributed by atoms with Gasteiger partial charge in [-0.05, 0) is 0 Å². The zero-order chi connectivity index (χ0) is 7.82. The molecule has 3 nitrogen and oxygen atoms in total. The van der Waals surface area contributed by atoms with Crippen LogP contribution in [0.25, 0.3) is 0 Å². The van der Waals surface area contributed by atoms with Crippen LogP contribution in [0.2, 0.25) is 0 Å². The predicted molar refractivity (Wildman–Crippen MR) is 32.9 cm³/mol. The summed E-state index contributed by atoms with van der Waals surface area (Å²) >= 11 is 0. The van der Waals surface area contributed by atoms with Crippen LogP contribution in [0.1, 0.15) is 0 Å². The molecule has 0 N–H and O–H groups in total. The molecule has 1 rings (SSSR count). The molecule has 1 aromatic carbocycles. The van der Waals surface area contributed by atoms with Crippen LogP contribution in [0.5, 0.6) is 0 Å². The molecule has 0 saturated heterocycles. The van der Waals surface area contributed by atoms with Gasteiger partial charge in [0.05, 0.1) is 0 Å². The van der Waals surface area contributed by atoms with Crippen molar-refractivity contribution in [1.29, 1.82) is 0 Å². The van der Waals surface area contributed by atoms with Crippen LogP contribution in [0.3, 0.4) is 0 Å². The Morgan fingerprint density at radius 3 is 1.55 bits per heavy atom. The quantitative estimate of drug-likeness (QED) is 0.343. The standard InChI is InChI=1S/C6H5.Ni.HO3P/c1-2-4-6-5-3-1;;1-4(2)3/h1-5H;;(H,1,2,3)/q-1;+3;/p-1. The summed E-state index contributed by atoms with van der Waals surface area (Å²) < 4.78 is 8.48. The van der Waals surface area contributed by atoms with Crippen molar-refractivity contribution < 1.29 is 30.8 Å². The summed E-state index contributed by atoms with van der Waals surface area (Å²) in [6, 6.07) is 12.5. The third kappa shape index (κ3) is 17.7. The fourth-order valence-electron chi connectivity index (χ4n) is 0.342. The summed E-state index contributed by atoms with van der Waals surface area (Å²) in [5.41, 5.74) is 0. The molecule has 0 amide bonds. The van der Waals surface area contributed by atoms with E-state index in [1.807, 2.05) is 30.3 Å². The molecule has 1 aromatic rings. The normalized spacial score (nSPS) is 6.73. The Bertz CT molecular complexity index is 150. The molecule has 61 valence electrons. The van der Waals surface area contributed by atoms with E-state index in [-0.39, 0.29) is 16.5 Å². The van der Waals surface area contributed by atoms with Crippen LogP contribution in [0, 0.1) is 6.07 Å². The van der Waals surface area contributed by atoms with Gasteiger partial charge in [0, 0.05) is 0 Å². The Balaban J connectivity index is 0. The van der Waals surface area contributed by atoms with E-state index in [1.54, 1.807) is 0 Å². The first-order valence-corrected chi connectivity index (χ1v) is 3.55. The van der Waals surface area contributed by atoms with Crippen LogP contribution in [-0.4, -0.2) is 0 Å². The van der Waals surface area contributed by atoms with Crippen molar-refractivity contribution in [2.75, 3.05) is 0 Å². The molecule has 11 heavy (non-hydrogen) atoms. The Morgan fingerprint density at radius 1 is 1.09 bits per heavy atom. The molecule has 1 radical (unpaired) electrons. The van der Waals surface area contributed by atoms with Gasteiger partial charge in [-0.1, -0.05) is 4.57 Å². The van der Waals surface area contributed by atoms with Crippen molar-refractivity contribution in [3.63, 3.8) is 0 Å². The molecule has 0 aromatic heterocycles. The molecule has 0 aliphatic heterocycles. The molecule has 0 aliphatic carbocycles. The van der Waals surface area contributed by atoms with Crippen LogP contribution in [-0.2, 0) is 21.1 Å². The summed E-state index contributed by atoms with van der Waals surface area (Å²) in [6.07, 6.45) is 0. The summed E-state index contributed by atoms with van der Waals surface area (Å²) in [5, 5.41) is 0. The first kappa shape index (κ1) is 13.3. The van der Waals surface area contributed by atoms with Crippen LogP contribution in [0.4, 0.5) is 0 Å². The van der Waals surface area contributed by atoms with Gasteiger partial charge in [-0.15, -0.1) is 0 Å². The monoisotopic (exact) mass is 214 g/mol. The molecule has 5 heteroatoms. The first-order valence-electron chi connectivity index (χ1n) is 2.46. The van der Waals surface area contributed by atoms with Gasteiger partial charge in [-0.3, -0.25) is 0 Å². The average molecular weight is 215 g/mol. The van der Waals surface area contributed by atoms with E-state index in [4.69, 9.17) is 14.4 Å². The van der Waals surface area contributed by atoms with E-state index < -0.39 is 8.25 Å². The molecule has 0 bridgehead atoms. The van der Waals surface area contributed by atoms with E-state index in [9.17, 15) is 0 Å². The number of hydrogen-bond acceptors (Lipinski definition) is 3. The maximum atomic E-state index is 8.48. The Labute approximate surface area is 76.0 Å². The second kappa shape index (κ2) is 9.73. The molecular weight excluding hydrogens is 210 g/mol. The van der Waals surface area contributed by atoms with Crippen molar-refractivity contribution in [2.24, 2.45) is 0 Å². The average Bonchev–Trinajstić information content (AvgIpc) is 1.90. The molecule has 0 unspecified atom stereocenters. The Morgan fingerprint density at radius 2 is 1.45 bits per heavy atom. The van der Waals surface area contributed by atoms with E-state index in [0.29, 0.717) is 0 Å². The minimum absolute atomic E-state index is 0. The molecular formula is C6H5NiO3P+. The first-order chi connectivity index (χ1) is 4.73. The van der Waals surface area contributed by atoms with Crippen molar-refractivity contribution in [2.45, 2.75) is 0 Å². The van der Waals surface area contributed by atoms with Gasteiger partial charge in [0.2, 0.25) is 0 Å². The van der Waals surface area contributed by atoms with Crippen LogP contribution >= 0.6 is 8.25 Å².